The number of likely N-dealkylation sites (tertiary alicyclic amines) is 1. The zero-order valence-corrected chi connectivity index (χ0v) is 21.4. The van der Waals surface area contributed by atoms with Crippen molar-refractivity contribution in [2.45, 2.75) is 38.1 Å². The summed E-state index contributed by atoms with van der Waals surface area (Å²) >= 11 is 6.88. The zero-order valence-electron chi connectivity index (χ0n) is 19.7. The second kappa shape index (κ2) is 12.9. The zero-order chi connectivity index (χ0) is 23.6. The molecule has 2 fully saturated rings. The molecule has 0 aromatic heterocycles. The lowest BCUT2D eigenvalue weighted by Crippen LogP contribution is -2.46. The van der Waals surface area contributed by atoms with Crippen molar-refractivity contribution in [2.24, 2.45) is 10.7 Å². The Morgan fingerprint density at radius 2 is 1.68 bits per heavy atom. The van der Waals surface area contributed by atoms with Crippen molar-refractivity contribution in [1.82, 2.24) is 4.90 Å². The van der Waals surface area contributed by atoms with Crippen LogP contribution in [0, 0.1) is 0 Å². The monoisotopic (exact) mass is 493 g/mol. The largest absolute Gasteiger partial charge is 0.378 e. The van der Waals surface area contributed by atoms with Gasteiger partial charge in [-0.3, -0.25) is 0 Å². The number of nitrogens with one attached hydrogen (secondary N) is 1. The smallest absolute Gasteiger partial charge is 0.199 e. The Bertz CT molecular complexity index is 963. The molecule has 0 radical (unpaired) electrons. The van der Waals surface area contributed by atoms with Crippen LogP contribution in [0.2, 0.25) is 0 Å². The first kappa shape index (κ1) is 24.8. The van der Waals surface area contributed by atoms with Gasteiger partial charge in [0.15, 0.2) is 10.3 Å². The molecule has 0 amide bonds. The molecular formula is C27H35N5S2. The predicted octanol–water partition coefficient (Wildman–Crippen LogP) is 5.49. The van der Waals surface area contributed by atoms with Crippen LogP contribution in [0.5, 0.6) is 0 Å². The number of rotatable bonds is 5. The lowest BCUT2D eigenvalue weighted by Gasteiger charge is -2.41. The van der Waals surface area contributed by atoms with Gasteiger partial charge in [0.1, 0.15) is 0 Å². The Kier molecular flexibility index (Phi) is 9.42. The summed E-state index contributed by atoms with van der Waals surface area (Å²) in [5.41, 5.74) is 9.48. The number of aliphatic imine (C=N–C) groups is 1. The second-order valence-electron chi connectivity index (χ2n) is 8.90. The maximum atomic E-state index is 6.09. The number of amidine groups is 1. The molecule has 2 heterocycles. The molecule has 5 nitrogen and oxygen atoms in total. The third kappa shape index (κ3) is 7.58. The van der Waals surface area contributed by atoms with Crippen molar-refractivity contribution in [3.8, 4) is 0 Å². The quantitative estimate of drug-likeness (QED) is 0.321. The van der Waals surface area contributed by atoms with E-state index in [0.29, 0.717) is 10.3 Å². The van der Waals surface area contributed by atoms with Gasteiger partial charge >= 0.3 is 0 Å². The molecule has 1 aliphatic carbocycles. The summed E-state index contributed by atoms with van der Waals surface area (Å²) in [6, 6.07) is 9.25. The van der Waals surface area contributed by atoms with Gasteiger partial charge in [-0.15, -0.1) is 0 Å². The molecule has 0 spiro atoms. The molecule has 0 unspecified atom stereocenters. The van der Waals surface area contributed by atoms with Crippen LogP contribution in [0.4, 0.5) is 11.4 Å². The van der Waals surface area contributed by atoms with E-state index in [0.717, 1.165) is 30.6 Å². The minimum Gasteiger partial charge on any atom is -0.378 e. The summed E-state index contributed by atoms with van der Waals surface area (Å²) in [6.07, 6.45) is 20.9. The van der Waals surface area contributed by atoms with Crippen molar-refractivity contribution in [1.29, 1.82) is 0 Å². The Morgan fingerprint density at radius 1 is 0.971 bits per heavy atom. The average Bonchev–Trinajstić information content (AvgIpc) is 2.84. The Morgan fingerprint density at radius 3 is 2.44 bits per heavy atom. The van der Waals surface area contributed by atoms with Crippen molar-refractivity contribution in [3.05, 3.63) is 72.4 Å². The number of hydrogen-bond acceptors (Lipinski definition) is 4. The van der Waals surface area contributed by atoms with Gasteiger partial charge in [-0.2, -0.15) is 4.99 Å². The normalized spacial score (nSPS) is 20.1. The first-order valence-corrected chi connectivity index (χ1v) is 13.6. The van der Waals surface area contributed by atoms with Gasteiger partial charge in [0.05, 0.1) is 0 Å². The molecule has 0 bridgehead atoms. The van der Waals surface area contributed by atoms with Gasteiger partial charge in [-0.1, -0.05) is 60.7 Å². The summed E-state index contributed by atoms with van der Waals surface area (Å²) in [5.74, 6) is 0.746. The van der Waals surface area contributed by atoms with E-state index in [-0.39, 0.29) is 0 Å². The molecular weight excluding hydrogens is 458 g/mol. The van der Waals surface area contributed by atoms with Gasteiger partial charge in [0.25, 0.3) is 0 Å². The van der Waals surface area contributed by atoms with E-state index in [4.69, 9.17) is 18.0 Å². The highest BCUT2D eigenvalue weighted by atomic mass is 32.2. The topological polar surface area (TPSA) is 56.9 Å². The maximum absolute atomic E-state index is 6.09. The number of thiocarbonyl (C=S) groups is 1. The minimum atomic E-state index is 0.380. The van der Waals surface area contributed by atoms with Crippen molar-refractivity contribution in [3.63, 3.8) is 0 Å². The average molecular weight is 494 g/mol. The summed E-state index contributed by atoms with van der Waals surface area (Å²) < 4.78 is 0. The third-order valence-electron chi connectivity index (χ3n) is 6.52. The Labute approximate surface area is 213 Å². The van der Waals surface area contributed by atoms with Crippen LogP contribution in [-0.4, -0.2) is 53.2 Å². The minimum absolute atomic E-state index is 0.380. The summed E-state index contributed by atoms with van der Waals surface area (Å²) in [6.45, 7) is 4.84. The molecule has 3 N–H and O–H groups in total. The van der Waals surface area contributed by atoms with Crippen LogP contribution in [0.25, 0.3) is 0 Å². The molecule has 1 aromatic rings. The van der Waals surface area contributed by atoms with Crippen molar-refractivity contribution >= 4 is 45.6 Å². The molecule has 7 heteroatoms. The second-order valence-corrected chi connectivity index (χ2v) is 10.3. The lowest BCUT2D eigenvalue weighted by atomic mass is 9.99. The first-order valence-electron chi connectivity index (χ1n) is 12.2. The van der Waals surface area contributed by atoms with Crippen molar-refractivity contribution in [2.75, 3.05) is 42.1 Å². The molecule has 0 saturated carbocycles. The molecule has 4 rings (SSSR count). The fourth-order valence-electron chi connectivity index (χ4n) is 4.67. The van der Waals surface area contributed by atoms with Crippen LogP contribution in [-0.2, 0) is 0 Å². The number of thioether (sulfide) groups is 1. The van der Waals surface area contributed by atoms with E-state index in [9.17, 15) is 0 Å². The lowest BCUT2D eigenvalue weighted by molar-refractivity contribution is 0.141. The van der Waals surface area contributed by atoms with E-state index >= 15 is 0 Å². The van der Waals surface area contributed by atoms with E-state index in [1.807, 2.05) is 30.4 Å². The Balaban J connectivity index is 1.22. The molecule has 1 aromatic carbocycles. The van der Waals surface area contributed by atoms with Crippen LogP contribution in [0.15, 0.2) is 77.4 Å². The molecule has 34 heavy (non-hydrogen) atoms. The van der Waals surface area contributed by atoms with E-state index in [1.54, 1.807) is 0 Å². The molecule has 2 aliphatic heterocycles. The number of nitrogens with two attached hydrogens (primary N) is 1. The summed E-state index contributed by atoms with van der Waals surface area (Å²) in [7, 11) is 0. The first-order chi connectivity index (χ1) is 16.7. The fraction of sp³-hybridized carbons (Fsp3) is 0.407. The number of hydrogen-bond donors (Lipinski definition) is 2. The molecule has 2 saturated heterocycles. The fourth-order valence-corrected chi connectivity index (χ4v) is 5.61. The highest BCUT2D eigenvalue weighted by Crippen LogP contribution is 2.26. The highest BCUT2D eigenvalue weighted by Gasteiger charge is 2.25. The van der Waals surface area contributed by atoms with E-state index in [1.165, 1.54) is 68.2 Å². The van der Waals surface area contributed by atoms with Crippen LogP contribution >= 0.6 is 24.0 Å². The maximum Gasteiger partial charge on any atom is 0.199 e. The van der Waals surface area contributed by atoms with Crippen LogP contribution in [0.3, 0.4) is 0 Å². The highest BCUT2D eigenvalue weighted by molar-refractivity contribution is 8.14. The number of benzene rings is 1. The van der Waals surface area contributed by atoms with E-state index < -0.39 is 0 Å². The van der Waals surface area contributed by atoms with Crippen LogP contribution in [0.1, 0.15) is 32.1 Å². The molecule has 180 valence electrons. The van der Waals surface area contributed by atoms with Crippen molar-refractivity contribution < 1.29 is 0 Å². The third-order valence-corrected chi connectivity index (χ3v) is 7.58. The van der Waals surface area contributed by atoms with Gasteiger partial charge in [0, 0.05) is 36.3 Å². The number of nitrogens with zero attached hydrogens (tertiary/aromatic N) is 3. The molecule has 3 aliphatic rings. The summed E-state index contributed by atoms with van der Waals surface area (Å²) in [4.78, 5) is 9.56. The SMILES string of the molecule is NC(=NC(=S)Nc1ccc(N2CCC(N3CCCCC3)CC2)cc1)SCC1=CC=CC=CC=C1. The van der Waals surface area contributed by atoms with Gasteiger partial charge in [-0.25, -0.2) is 0 Å². The van der Waals surface area contributed by atoms with Gasteiger partial charge < -0.3 is 20.9 Å². The summed E-state index contributed by atoms with van der Waals surface area (Å²) in [5, 5.41) is 4.03. The van der Waals surface area contributed by atoms with Crippen LogP contribution < -0.4 is 16.0 Å². The van der Waals surface area contributed by atoms with E-state index in [2.05, 4.69) is 56.5 Å². The predicted molar refractivity (Wildman–Crippen MR) is 153 cm³/mol. The Hall–Kier alpha value is -2.35. The number of anilines is 2. The standard InChI is InChI=1S/C27H35N5S2/c28-26(34-21-22-9-5-2-1-3-6-10-22)30-27(33)29-23-11-13-24(14-12-23)32-19-15-25(16-20-32)31-17-7-4-8-18-31/h1-3,5-6,9-14,25H,4,7-8,15-21H2,(H3,28,29,30,33). The number of piperidine rings is 2. The van der Waals surface area contributed by atoms with Gasteiger partial charge in [-0.05, 0) is 80.8 Å². The van der Waals surface area contributed by atoms with Gasteiger partial charge in [0.2, 0.25) is 0 Å². The molecule has 0 atom stereocenters. The number of allylic oxidation sites excluding steroid dienone is 7.